The number of carboxylic acid groups (broad SMARTS) is 1. The van der Waals surface area contributed by atoms with Crippen LogP contribution < -0.4 is 4.74 Å². The van der Waals surface area contributed by atoms with E-state index in [-0.39, 0.29) is 18.1 Å². The van der Waals surface area contributed by atoms with E-state index < -0.39 is 5.97 Å². The fourth-order valence-corrected chi connectivity index (χ4v) is 2.44. The maximum atomic E-state index is 10.6. The van der Waals surface area contributed by atoms with Crippen LogP contribution in [0.25, 0.3) is 0 Å². The van der Waals surface area contributed by atoms with Crippen LogP contribution in [0.5, 0.6) is 11.5 Å². The molecule has 0 amide bonds. The average Bonchev–Trinajstić information content (AvgIpc) is 2.16. The molecule has 0 heterocycles. The van der Waals surface area contributed by atoms with Crippen molar-refractivity contribution in [1.82, 2.24) is 0 Å². The predicted molar refractivity (Wildman–Crippen MR) is 63.0 cm³/mol. The maximum Gasteiger partial charge on any atom is 0.303 e. The lowest BCUT2D eigenvalue weighted by atomic mass is 9.96. The lowest BCUT2D eigenvalue weighted by Crippen LogP contribution is -2.04. The molecule has 16 heavy (non-hydrogen) atoms. The quantitative estimate of drug-likeness (QED) is 0.894. The summed E-state index contributed by atoms with van der Waals surface area (Å²) < 4.78 is 5.69. The Labute approximate surface area is 102 Å². The fraction of sp³-hybridized carbons (Fsp3) is 0.364. The van der Waals surface area contributed by atoms with Crippen molar-refractivity contribution < 1.29 is 19.7 Å². The summed E-state index contributed by atoms with van der Waals surface area (Å²) in [6.07, 6.45) is -0.0423. The smallest absolute Gasteiger partial charge is 0.303 e. The number of hydrogen-bond donors (Lipinski definition) is 2. The molecule has 0 radical (unpaired) electrons. The number of carboxylic acids is 1. The molecule has 0 aliphatic carbocycles. The fourth-order valence-electron chi connectivity index (χ4n) is 1.55. The van der Waals surface area contributed by atoms with Crippen molar-refractivity contribution >= 4 is 21.9 Å². The SMILES string of the molecule is COc1ccc(O)c(C(C)CC(=O)O)c1Br. The van der Waals surface area contributed by atoms with Crippen LogP contribution in [0.1, 0.15) is 24.8 Å². The number of benzene rings is 1. The molecule has 1 rings (SSSR count). The molecule has 88 valence electrons. The molecule has 0 saturated heterocycles. The third-order valence-corrected chi connectivity index (χ3v) is 3.13. The van der Waals surface area contributed by atoms with Gasteiger partial charge in [-0.3, -0.25) is 4.79 Å². The molecule has 0 saturated carbocycles. The van der Waals surface area contributed by atoms with Crippen molar-refractivity contribution in [3.8, 4) is 11.5 Å². The molecule has 5 heteroatoms. The van der Waals surface area contributed by atoms with Gasteiger partial charge in [-0.25, -0.2) is 0 Å². The molecule has 0 fully saturated rings. The Morgan fingerprint density at radius 1 is 1.56 bits per heavy atom. The highest BCUT2D eigenvalue weighted by atomic mass is 79.9. The first-order valence-corrected chi connectivity index (χ1v) is 5.53. The van der Waals surface area contributed by atoms with E-state index >= 15 is 0 Å². The number of hydrogen-bond acceptors (Lipinski definition) is 3. The van der Waals surface area contributed by atoms with Crippen LogP contribution in [0.4, 0.5) is 0 Å². The minimum absolute atomic E-state index is 0.0423. The highest BCUT2D eigenvalue weighted by Crippen LogP contribution is 2.40. The topological polar surface area (TPSA) is 66.8 Å². The molecule has 1 aromatic carbocycles. The van der Waals surface area contributed by atoms with Crippen molar-refractivity contribution in [2.24, 2.45) is 0 Å². The van der Waals surface area contributed by atoms with Crippen molar-refractivity contribution in [3.63, 3.8) is 0 Å². The van der Waals surface area contributed by atoms with E-state index in [1.54, 1.807) is 13.0 Å². The predicted octanol–water partition coefficient (Wildman–Crippen LogP) is 2.74. The Balaban J connectivity index is 3.15. The molecule has 1 atom stereocenters. The van der Waals surface area contributed by atoms with Gasteiger partial charge in [-0.1, -0.05) is 6.92 Å². The van der Waals surface area contributed by atoms with Gasteiger partial charge in [0, 0.05) is 5.56 Å². The van der Waals surface area contributed by atoms with Crippen molar-refractivity contribution in [3.05, 3.63) is 22.2 Å². The Hall–Kier alpha value is -1.23. The first-order chi connectivity index (χ1) is 7.47. The van der Waals surface area contributed by atoms with Gasteiger partial charge in [0.05, 0.1) is 18.0 Å². The molecule has 2 N–H and O–H groups in total. The number of phenolic OH excluding ortho intramolecular Hbond substituents is 1. The maximum absolute atomic E-state index is 10.6. The van der Waals surface area contributed by atoms with Crippen LogP contribution in [-0.4, -0.2) is 23.3 Å². The standard InChI is InChI=1S/C11H13BrO4/c1-6(5-9(14)15)10-7(13)3-4-8(16-2)11(10)12/h3-4,6,13H,5H2,1-2H3,(H,14,15). The van der Waals surface area contributed by atoms with E-state index in [2.05, 4.69) is 15.9 Å². The minimum Gasteiger partial charge on any atom is -0.508 e. The van der Waals surface area contributed by atoms with E-state index in [0.29, 0.717) is 15.8 Å². The van der Waals surface area contributed by atoms with Gasteiger partial charge in [0.2, 0.25) is 0 Å². The first-order valence-electron chi connectivity index (χ1n) is 4.74. The third kappa shape index (κ3) is 2.66. The van der Waals surface area contributed by atoms with Crippen molar-refractivity contribution in [2.75, 3.05) is 7.11 Å². The highest BCUT2D eigenvalue weighted by molar-refractivity contribution is 9.10. The molecule has 0 aliphatic rings. The second-order valence-electron chi connectivity index (χ2n) is 3.51. The summed E-state index contributed by atoms with van der Waals surface area (Å²) in [6, 6.07) is 3.12. The summed E-state index contributed by atoms with van der Waals surface area (Å²) in [5.41, 5.74) is 0.557. The number of rotatable bonds is 4. The highest BCUT2D eigenvalue weighted by Gasteiger charge is 2.19. The summed E-state index contributed by atoms with van der Waals surface area (Å²) in [5.74, 6) is -0.546. The van der Waals surface area contributed by atoms with Gasteiger partial charge in [0.1, 0.15) is 11.5 Å². The molecule has 1 unspecified atom stereocenters. The van der Waals surface area contributed by atoms with Gasteiger partial charge < -0.3 is 14.9 Å². The van der Waals surface area contributed by atoms with Crippen LogP contribution in [0.3, 0.4) is 0 Å². The Bertz CT molecular complexity index is 403. The largest absolute Gasteiger partial charge is 0.508 e. The van der Waals surface area contributed by atoms with Gasteiger partial charge in [0.15, 0.2) is 0 Å². The molecular formula is C11H13BrO4. The second kappa shape index (κ2) is 5.21. The van der Waals surface area contributed by atoms with Gasteiger partial charge >= 0.3 is 5.97 Å². The summed E-state index contributed by atoms with van der Waals surface area (Å²) in [7, 11) is 1.52. The number of carbonyl (C=O) groups is 1. The Kier molecular flexibility index (Phi) is 4.18. The number of ether oxygens (including phenoxy) is 1. The third-order valence-electron chi connectivity index (χ3n) is 2.31. The number of aromatic hydroxyl groups is 1. The summed E-state index contributed by atoms with van der Waals surface area (Å²) in [6.45, 7) is 1.74. The Morgan fingerprint density at radius 2 is 2.19 bits per heavy atom. The molecule has 0 spiro atoms. The Morgan fingerprint density at radius 3 is 2.69 bits per heavy atom. The molecule has 4 nitrogen and oxygen atoms in total. The minimum atomic E-state index is -0.901. The zero-order valence-corrected chi connectivity index (χ0v) is 10.6. The lowest BCUT2D eigenvalue weighted by Gasteiger charge is -2.15. The first kappa shape index (κ1) is 12.8. The zero-order chi connectivity index (χ0) is 12.3. The van der Waals surface area contributed by atoms with Crippen LogP contribution >= 0.6 is 15.9 Å². The molecule has 0 aliphatic heterocycles. The zero-order valence-electron chi connectivity index (χ0n) is 9.03. The number of aliphatic carboxylic acids is 1. The number of methoxy groups -OCH3 is 1. The average molecular weight is 289 g/mol. The van der Waals surface area contributed by atoms with Crippen LogP contribution in [0.2, 0.25) is 0 Å². The van der Waals surface area contributed by atoms with Crippen molar-refractivity contribution in [2.45, 2.75) is 19.3 Å². The van der Waals surface area contributed by atoms with Crippen LogP contribution in [-0.2, 0) is 4.79 Å². The lowest BCUT2D eigenvalue weighted by molar-refractivity contribution is -0.137. The molecule has 0 bridgehead atoms. The van der Waals surface area contributed by atoms with Gasteiger partial charge in [0.25, 0.3) is 0 Å². The number of halogens is 1. The van der Waals surface area contributed by atoms with E-state index in [4.69, 9.17) is 9.84 Å². The van der Waals surface area contributed by atoms with E-state index in [1.165, 1.54) is 13.2 Å². The normalized spacial score (nSPS) is 12.2. The molecular weight excluding hydrogens is 276 g/mol. The summed E-state index contributed by atoms with van der Waals surface area (Å²) >= 11 is 3.30. The number of phenols is 1. The van der Waals surface area contributed by atoms with Gasteiger partial charge in [-0.2, -0.15) is 0 Å². The molecule has 0 aromatic heterocycles. The van der Waals surface area contributed by atoms with Crippen molar-refractivity contribution in [1.29, 1.82) is 0 Å². The van der Waals surface area contributed by atoms with Crippen LogP contribution in [0.15, 0.2) is 16.6 Å². The van der Waals surface area contributed by atoms with E-state index in [1.807, 2.05) is 0 Å². The van der Waals surface area contributed by atoms with Gasteiger partial charge in [-0.15, -0.1) is 0 Å². The van der Waals surface area contributed by atoms with E-state index in [0.717, 1.165) is 0 Å². The van der Waals surface area contributed by atoms with Gasteiger partial charge in [-0.05, 0) is 34.0 Å². The monoisotopic (exact) mass is 288 g/mol. The van der Waals surface area contributed by atoms with Crippen LogP contribution in [0, 0.1) is 0 Å². The summed E-state index contributed by atoms with van der Waals surface area (Å²) in [5, 5.41) is 18.4. The second-order valence-corrected chi connectivity index (χ2v) is 4.31. The molecule has 1 aromatic rings. The summed E-state index contributed by atoms with van der Waals surface area (Å²) in [4.78, 5) is 10.6. The van der Waals surface area contributed by atoms with E-state index in [9.17, 15) is 9.90 Å².